The molecule has 0 saturated heterocycles. The number of amides is 2. The normalized spacial score (nSPS) is 13.3. The molecule has 6 heteroatoms. The summed E-state index contributed by atoms with van der Waals surface area (Å²) in [5, 5.41) is 13.3. The van der Waals surface area contributed by atoms with Gasteiger partial charge in [0.1, 0.15) is 11.5 Å². The van der Waals surface area contributed by atoms with Crippen LogP contribution in [0, 0.1) is 11.8 Å². The fourth-order valence-corrected chi connectivity index (χ4v) is 2.51. The Bertz CT molecular complexity index is 566. The lowest BCUT2D eigenvalue weighted by Gasteiger charge is -2.16. The zero-order chi connectivity index (χ0) is 14.5. The number of rotatable bonds is 4. The summed E-state index contributed by atoms with van der Waals surface area (Å²) in [6.07, 6.45) is 2.05. The van der Waals surface area contributed by atoms with Crippen molar-refractivity contribution in [2.24, 2.45) is 0 Å². The van der Waals surface area contributed by atoms with Gasteiger partial charge in [-0.3, -0.25) is 9.59 Å². The van der Waals surface area contributed by atoms with E-state index in [1.54, 1.807) is 18.5 Å². The number of aliphatic hydroxyl groups excluding tert-OH is 1. The number of hydrogen-bond acceptors (Lipinski definition) is 4. The predicted octanol–water partition coefficient (Wildman–Crippen LogP) is 0.442. The lowest BCUT2D eigenvalue weighted by Crippen LogP contribution is -2.39. The molecule has 1 aromatic heterocycles. The molecule has 106 valence electrons. The third-order valence-electron chi connectivity index (χ3n) is 2.83. The third-order valence-corrected chi connectivity index (χ3v) is 3.73. The first-order valence-corrected chi connectivity index (χ1v) is 7.22. The van der Waals surface area contributed by atoms with Crippen LogP contribution in [0.15, 0.2) is 11.4 Å². The zero-order valence-corrected chi connectivity index (χ0v) is 12.0. The molecule has 1 fully saturated rings. The monoisotopic (exact) mass is 292 g/mol. The number of nitrogens with one attached hydrogen (secondary N) is 1. The van der Waals surface area contributed by atoms with E-state index in [0.717, 1.165) is 12.8 Å². The molecule has 1 aliphatic carbocycles. The molecule has 0 aromatic carbocycles. The van der Waals surface area contributed by atoms with E-state index in [2.05, 4.69) is 17.2 Å². The maximum absolute atomic E-state index is 12.3. The van der Waals surface area contributed by atoms with E-state index in [1.165, 1.54) is 16.2 Å². The summed E-state index contributed by atoms with van der Waals surface area (Å²) in [7, 11) is 1.60. The number of carbonyl (C=O) groups is 2. The van der Waals surface area contributed by atoms with Crippen LogP contribution in [-0.2, 0) is 4.79 Å². The van der Waals surface area contributed by atoms with Gasteiger partial charge < -0.3 is 15.3 Å². The van der Waals surface area contributed by atoms with Crippen molar-refractivity contribution in [3.8, 4) is 11.8 Å². The topological polar surface area (TPSA) is 69.6 Å². The van der Waals surface area contributed by atoms with Crippen LogP contribution in [0.3, 0.4) is 0 Å². The van der Waals surface area contributed by atoms with Crippen molar-refractivity contribution in [3.63, 3.8) is 0 Å². The molecule has 0 atom stereocenters. The molecule has 0 bridgehead atoms. The Kier molecular flexibility index (Phi) is 4.77. The molecule has 2 amide bonds. The molecule has 2 rings (SSSR count). The second-order valence-electron chi connectivity index (χ2n) is 4.63. The van der Waals surface area contributed by atoms with Crippen molar-refractivity contribution < 1.29 is 14.7 Å². The second-order valence-corrected chi connectivity index (χ2v) is 5.54. The Balaban J connectivity index is 1.98. The molecule has 1 saturated carbocycles. The minimum Gasteiger partial charge on any atom is -0.384 e. The molecule has 2 N–H and O–H groups in total. The summed E-state index contributed by atoms with van der Waals surface area (Å²) in [6.45, 7) is -0.205. The van der Waals surface area contributed by atoms with Crippen LogP contribution in [0.4, 0.5) is 0 Å². The molecule has 0 spiro atoms. The quantitative estimate of drug-likeness (QED) is 0.791. The van der Waals surface area contributed by atoms with E-state index in [9.17, 15) is 9.59 Å². The Hall–Kier alpha value is -1.84. The zero-order valence-electron chi connectivity index (χ0n) is 11.2. The molecule has 0 radical (unpaired) electrons. The van der Waals surface area contributed by atoms with Gasteiger partial charge in [-0.25, -0.2) is 0 Å². The lowest BCUT2D eigenvalue weighted by molar-refractivity contribution is -0.121. The van der Waals surface area contributed by atoms with Gasteiger partial charge in [0.25, 0.3) is 5.91 Å². The van der Waals surface area contributed by atoms with Gasteiger partial charge in [-0.15, -0.1) is 11.3 Å². The van der Waals surface area contributed by atoms with Crippen molar-refractivity contribution in [2.75, 3.05) is 20.2 Å². The number of likely N-dealkylation sites (N-methyl/N-ethyl adjacent to an activating group) is 1. The van der Waals surface area contributed by atoms with Crippen molar-refractivity contribution in [2.45, 2.75) is 18.9 Å². The predicted molar refractivity (Wildman–Crippen MR) is 76.4 cm³/mol. The smallest absolute Gasteiger partial charge is 0.265 e. The molecule has 0 aliphatic heterocycles. The summed E-state index contributed by atoms with van der Waals surface area (Å²) in [4.78, 5) is 25.8. The van der Waals surface area contributed by atoms with Gasteiger partial charge in [-0.05, 0) is 24.3 Å². The number of hydrogen-bond donors (Lipinski definition) is 2. The minimum absolute atomic E-state index is 0.0418. The fourth-order valence-electron chi connectivity index (χ4n) is 1.67. The number of carbonyl (C=O) groups excluding carboxylic acids is 2. The number of aliphatic hydroxyl groups is 1. The van der Waals surface area contributed by atoms with Crippen LogP contribution >= 0.6 is 11.3 Å². The van der Waals surface area contributed by atoms with E-state index in [4.69, 9.17) is 5.11 Å². The van der Waals surface area contributed by atoms with Gasteiger partial charge in [-0.2, -0.15) is 0 Å². The Morgan fingerprint density at radius 1 is 1.55 bits per heavy atom. The first-order chi connectivity index (χ1) is 9.61. The lowest BCUT2D eigenvalue weighted by atomic mass is 10.2. The van der Waals surface area contributed by atoms with Gasteiger partial charge in [-0.1, -0.05) is 11.8 Å². The highest BCUT2D eigenvalue weighted by molar-refractivity contribution is 7.12. The van der Waals surface area contributed by atoms with Crippen LogP contribution in [0.5, 0.6) is 0 Å². The standard InChI is InChI=1S/C14H16N2O3S/c1-16(9-12(18)15-11-4-5-11)14(19)13-10(3-2-7-17)6-8-20-13/h6,8,11,17H,4-5,7,9H2,1H3,(H,15,18). The second kappa shape index (κ2) is 6.55. The molecular weight excluding hydrogens is 276 g/mol. The fraction of sp³-hybridized carbons (Fsp3) is 0.429. The Morgan fingerprint density at radius 3 is 2.95 bits per heavy atom. The third kappa shape index (κ3) is 3.83. The molecule has 5 nitrogen and oxygen atoms in total. The first-order valence-electron chi connectivity index (χ1n) is 6.34. The largest absolute Gasteiger partial charge is 0.384 e. The van der Waals surface area contributed by atoms with Gasteiger partial charge in [0, 0.05) is 18.7 Å². The number of nitrogens with zero attached hydrogens (tertiary/aromatic N) is 1. The molecule has 0 unspecified atom stereocenters. The van der Waals surface area contributed by atoms with E-state index in [1.807, 2.05) is 0 Å². The summed E-state index contributed by atoms with van der Waals surface area (Å²) in [5.74, 6) is 4.89. The Labute approximate surface area is 121 Å². The maximum Gasteiger partial charge on any atom is 0.265 e. The summed E-state index contributed by atoms with van der Waals surface area (Å²) >= 11 is 1.28. The van der Waals surface area contributed by atoms with E-state index in [0.29, 0.717) is 16.5 Å². The summed E-state index contributed by atoms with van der Waals surface area (Å²) < 4.78 is 0. The average Bonchev–Trinajstić information content (AvgIpc) is 3.10. The van der Waals surface area contributed by atoms with Crippen molar-refractivity contribution in [1.29, 1.82) is 0 Å². The van der Waals surface area contributed by atoms with Crippen LogP contribution in [0.2, 0.25) is 0 Å². The van der Waals surface area contributed by atoms with Crippen molar-refractivity contribution in [1.82, 2.24) is 10.2 Å². The van der Waals surface area contributed by atoms with Gasteiger partial charge in [0.15, 0.2) is 0 Å². The highest BCUT2D eigenvalue weighted by Crippen LogP contribution is 2.19. The maximum atomic E-state index is 12.3. The van der Waals surface area contributed by atoms with Crippen LogP contribution < -0.4 is 5.32 Å². The van der Waals surface area contributed by atoms with Crippen LogP contribution in [0.25, 0.3) is 0 Å². The minimum atomic E-state index is -0.247. The van der Waals surface area contributed by atoms with Crippen LogP contribution in [0.1, 0.15) is 28.1 Å². The van der Waals surface area contributed by atoms with E-state index in [-0.39, 0.29) is 25.0 Å². The molecule has 1 aliphatic rings. The van der Waals surface area contributed by atoms with E-state index >= 15 is 0 Å². The van der Waals surface area contributed by atoms with Gasteiger partial charge >= 0.3 is 0 Å². The van der Waals surface area contributed by atoms with Crippen molar-refractivity contribution >= 4 is 23.2 Å². The Morgan fingerprint density at radius 2 is 2.30 bits per heavy atom. The highest BCUT2D eigenvalue weighted by atomic mass is 32.1. The van der Waals surface area contributed by atoms with E-state index < -0.39 is 0 Å². The molecular formula is C14H16N2O3S. The van der Waals surface area contributed by atoms with Crippen molar-refractivity contribution in [3.05, 3.63) is 21.9 Å². The molecule has 1 heterocycles. The van der Waals surface area contributed by atoms with Crippen LogP contribution in [-0.4, -0.2) is 48.1 Å². The average molecular weight is 292 g/mol. The van der Waals surface area contributed by atoms with Gasteiger partial charge in [0.2, 0.25) is 5.91 Å². The summed E-state index contributed by atoms with van der Waals surface area (Å²) in [5.41, 5.74) is 0.587. The summed E-state index contributed by atoms with van der Waals surface area (Å²) in [6, 6.07) is 2.03. The number of thiophene rings is 1. The highest BCUT2D eigenvalue weighted by Gasteiger charge is 2.25. The molecule has 1 aromatic rings. The first kappa shape index (κ1) is 14.6. The SMILES string of the molecule is CN(CC(=O)NC1CC1)C(=O)c1sccc1C#CCO. The van der Waals surface area contributed by atoms with Gasteiger partial charge in [0.05, 0.1) is 6.54 Å². The molecule has 20 heavy (non-hydrogen) atoms.